The number of rotatable bonds is 8. The first kappa shape index (κ1) is 17.9. The van der Waals surface area contributed by atoms with Gasteiger partial charge in [-0.3, -0.25) is 14.4 Å². The number of benzene rings is 1. The van der Waals surface area contributed by atoms with Crippen LogP contribution in [0.5, 0.6) is 0 Å². The van der Waals surface area contributed by atoms with Gasteiger partial charge in [0, 0.05) is 18.8 Å². The minimum atomic E-state index is -0.356. The van der Waals surface area contributed by atoms with Crippen LogP contribution in [0.1, 0.15) is 18.4 Å². The molecule has 0 atom stereocenters. The number of nitrogens with one attached hydrogen (secondary N) is 2. The predicted molar refractivity (Wildman–Crippen MR) is 89.4 cm³/mol. The fraction of sp³-hybridized carbons (Fsp3) is 0.471. The molecule has 0 radical (unpaired) electrons. The zero-order chi connectivity index (χ0) is 17.5. The summed E-state index contributed by atoms with van der Waals surface area (Å²) in [7, 11) is 1.44. The minimum Gasteiger partial charge on any atom is -0.375 e. The normalized spacial score (nSPS) is 13.2. The average molecular weight is 333 g/mol. The lowest BCUT2D eigenvalue weighted by atomic mass is 10.2. The Morgan fingerprint density at radius 3 is 2.42 bits per heavy atom. The molecule has 0 heterocycles. The van der Waals surface area contributed by atoms with Crippen molar-refractivity contribution in [3.05, 3.63) is 29.8 Å². The molecule has 1 saturated carbocycles. The molecule has 0 aromatic heterocycles. The van der Waals surface area contributed by atoms with Crippen LogP contribution in [0.25, 0.3) is 0 Å². The van der Waals surface area contributed by atoms with Crippen molar-refractivity contribution in [2.45, 2.75) is 25.8 Å². The van der Waals surface area contributed by atoms with Crippen LogP contribution in [0.15, 0.2) is 24.3 Å². The number of amides is 3. The van der Waals surface area contributed by atoms with Gasteiger partial charge in [0.2, 0.25) is 17.7 Å². The first-order valence-electron chi connectivity index (χ1n) is 7.91. The number of hydrogen-bond donors (Lipinski definition) is 2. The lowest BCUT2D eigenvalue weighted by Crippen LogP contribution is -2.45. The molecular formula is C17H23N3O4. The highest BCUT2D eigenvalue weighted by Gasteiger charge is 2.33. The van der Waals surface area contributed by atoms with E-state index in [1.165, 1.54) is 12.0 Å². The van der Waals surface area contributed by atoms with Crippen LogP contribution in [-0.2, 0) is 19.1 Å². The Morgan fingerprint density at radius 1 is 1.17 bits per heavy atom. The molecule has 24 heavy (non-hydrogen) atoms. The van der Waals surface area contributed by atoms with Gasteiger partial charge < -0.3 is 20.3 Å². The second-order valence-corrected chi connectivity index (χ2v) is 5.88. The number of methoxy groups -OCH3 is 1. The summed E-state index contributed by atoms with van der Waals surface area (Å²) in [6.07, 6.45) is 1.80. The number of hydrogen-bond acceptors (Lipinski definition) is 4. The largest absolute Gasteiger partial charge is 0.375 e. The number of carbonyl (C=O) groups is 3. The average Bonchev–Trinajstić information content (AvgIpc) is 3.38. The van der Waals surface area contributed by atoms with Crippen LogP contribution < -0.4 is 10.6 Å². The molecule has 2 N–H and O–H groups in total. The number of anilines is 1. The SMILES string of the molecule is COCC(=O)N(CC(=O)NCC(=O)Nc1ccc(C)cc1)C1CC1. The van der Waals surface area contributed by atoms with E-state index in [0.29, 0.717) is 5.69 Å². The van der Waals surface area contributed by atoms with Gasteiger partial charge in [0.25, 0.3) is 0 Å². The molecule has 3 amide bonds. The molecule has 0 saturated heterocycles. The van der Waals surface area contributed by atoms with Gasteiger partial charge in [0.15, 0.2) is 0 Å². The van der Waals surface area contributed by atoms with Crippen molar-refractivity contribution in [2.24, 2.45) is 0 Å². The Balaban J connectivity index is 1.76. The van der Waals surface area contributed by atoms with Crippen molar-refractivity contribution < 1.29 is 19.1 Å². The Morgan fingerprint density at radius 2 is 1.83 bits per heavy atom. The molecule has 1 aliphatic rings. The summed E-state index contributed by atoms with van der Waals surface area (Å²) in [6, 6.07) is 7.49. The van der Waals surface area contributed by atoms with Gasteiger partial charge in [-0.2, -0.15) is 0 Å². The van der Waals surface area contributed by atoms with Gasteiger partial charge in [-0.15, -0.1) is 0 Å². The van der Waals surface area contributed by atoms with Crippen molar-refractivity contribution in [1.29, 1.82) is 0 Å². The molecule has 130 valence electrons. The highest BCUT2D eigenvalue weighted by Crippen LogP contribution is 2.26. The third-order valence-electron chi connectivity index (χ3n) is 3.67. The van der Waals surface area contributed by atoms with E-state index < -0.39 is 0 Å². The molecular weight excluding hydrogens is 310 g/mol. The fourth-order valence-corrected chi connectivity index (χ4v) is 2.25. The maximum atomic E-state index is 12.0. The number of carbonyl (C=O) groups excluding carboxylic acids is 3. The molecule has 0 aliphatic heterocycles. The molecule has 0 spiro atoms. The van der Waals surface area contributed by atoms with E-state index >= 15 is 0 Å². The second-order valence-electron chi connectivity index (χ2n) is 5.88. The smallest absolute Gasteiger partial charge is 0.249 e. The molecule has 7 heteroatoms. The van der Waals surface area contributed by atoms with E-state index in [4.69, 9.17) is 4.74 Å². The van der Waals surface area contributed by atoms with Crippen molar-refractivity contribution >= 4 is 23.4 Å². The van der Waals surface area contributed by atoms with E-state index in [0.717, 1.165) is 18.4 Å². The van der Waals surface area contributed by atoms with Gasteiger partial charge in [-0.25, -0.2) is 0 Å². The lowest BCUT2D eigenvalue weighted by molar-refractivity contribution is -0.139. The maximum Gasteiger partial charge on any atom is 0.249 e. The van der Waals surface area contributed by atoms with Crippen LogP contribution in [-0.4, -0.2) is 55.5 Å². The first-order valence-corrected chi connectivity index (χ1v) is 7.91. The minimum absolute atomic E-state index is 0.0440. The molecule has 7 nitrogen and oxygen atoms in total. The van der Waals surface area contributed by atoms with E-state index in [2.05, 4.69) is 10.6 Å². The van der Waals surface area contributed by atoms with Gasteiger partial charge in [-0.05, 0) is 31.9 Å². The molecule has 1 aromatic rings. The summed E-state index contributed by atoms with van der Waals surface area (Å²) in [5.74, 6) is -0.877. The Bertz CT molecular complexity index is 596. The van der Waals surface area contributed by atoms with E-state index in [-0.39, 0.29) is 43.5 Å². The standard InChI is InChI=1S/C17H23N3O4/c1-12-3-5-13(6-4-12)19-15(21)9-18-16(22)10-20(14-7-8-14)17(23)11-24-2/h3-6,14H,7-11H2,1-2H3,(H,18,22)(H,19,21). The predicted octanol–water partition coefficient (Wildman–Crippen LogP) is 0.687. The van der Waals surface area contributed by atoms with Crippen molar-refractivity contribution in [3.63, 3.8) is 0 Å². The first-order chi connectivity index (χ1) is 11.5. The van der Waals surface area contributed by atoms with E-state index in [1.807, 2.05) is 19.1 Å². The quantitative estimate of drug-likeness (QED) is 0.733. The molecule has 2 rings (SSSR count). The molecule has 1 aromatic carbocycles. The van der Waals surface area contributed by atoms with Crippen molar-refractivity contribution in [1.82, 2.24) is 10.2 Å². The third-order valence-corrected chi connectivity index (χ3v) is 3.67. The van der Waals surface area contributed by atoms with Crippen LogP contribution in [0.4, 0.5) is 5.69 Å². The summed E-state index contributed by atoms with van der Waals surface area (Å²) >= 11 is 0. The summed E-state index contributed by atoms with van der Waals surface area (Å²) in [4.78, 5) is 37.2. The zero-order valence-corrected chi connectivity index (χ0v) is 14.0. The Hall–Kier alpha value is -2.41. The Labute approximate surface area is 141 Å². The second kappa shape index (κ2) is 8.44. The zero-order valence-electron chi connectivity index (χ0n) is 14.0. The van der Waals surface area contributed by atoms with Crippen LogP contribution >= 0.6 is 0 Å². The fourth-order valence-electron chi connectivity index (χ4n) is 2.25. The molecule has 0 bridgehead atoms. The summed E-state index contributed by atoms with van der Waals surface area (Å²) in [5.41, 5.74) is 1.77. The van der Waals surface area contributed by atoms with E-state index in [9.17, 15) is 14.4 Å². The number of nitrogens with zero attached hydrogens (tertiary/aromatic N) is 1. The van der Waals surface area contributed by atoms with Gasteiger partial charge in [0.1, 0.15) is 6.61 Å². The number of aryl methyl sites for hydroxylation is 1. The van der Waals surface area contributed by atoms with Crippen LogP contribution in [0.3, 0.4) is 0 Å². The number of ether oxygens (including phenoxy) is 1. The van der Waals surface area contributed by atoms with Crippen LogP contribution in [0.2, 0.25) is 0 Å². The third kappa shape index (κ3) is 5.66. The summed E-state index contributed by atoms with van der Waals surface area (Å²) in [6.45, 7) is 1.73. The van der Waals surface area contributed by atoms with Crippen LogP contribution in [0, 0.1) is 6.92 Å². The topological polar surface area (TPSA) is 87.7 Å². The maximum absolute atomic E-state index is 12.0. The van der Waals surface area contributed by atoms with E-state index in [1.54, 1.807) is 12.1 Å². The highest BCUT2D eigenvalue weighted by molar-refractivity contribution is 5.95. The van der Waals surface area contributed by atoms with Crippen molar-refractivity contribution in [3.8, 4) is 0 Å². The monoisotopic (exact) mass is 333 g/mol. The van der Waals surface area contributed by atoms with Gasteiger partial charge in [0.05, 0.1) is 13.1 Å². The van der Waals surface area contributed by atoms with Gasteiger partial charge >= 0.3 is 0 Å². The van der Waals surface area contributed by atoms with Crippen molar-refractivity contribution in [2.75, 3.05) is 32.1 Å². The summed E-state index contributed by atoms with van der Waals surface area (Å²) < 4.78 is 4.83. The molecule has 1 aliphatic carbocycles. The van der Waals surface area contributed by atoms with Gasteiger partial charge in [-0.1, -0.05) is 17.7 Å². The highest BCUT2D eigenvalue weighted by atomic mass is 16.5. The molecule has 0 unspecified atom stereocenters. The lowest BCUT2D eigenvalue weighted by Gasteiger charge is -2.21. The Kier molecular flexibility index (Phi) is 6.31. The molecule has 1 fully saturated rings. The summed E-state index contributed by atoms with van der Waals surface area (Å²) in [5, 5.41) is 5.24.